The van der Waals surface area contributed by atoms with E-state index in [4.69, 9.17) is 9.47 Å². The first kappa shape index (κ1) is 14.7. The molecule has 0 aromatic carbocycles. The van der Waals surface area contributed by atoms with Crippen LogP contribution in [0.4, 0.5) is 8.78 Å². The fraction of sp³-hybridized carbons (Fsp3) is 1.00. The maximum atomic E-state index is 11.6. The lowest BCUT2D eigenvalue weighted by Crippen LogP contribution is -2.23. The van der Waals surface area contributed by atoms with Gasteiger partial charge < -0.3 is 14.8 Å². The summed E-state index contributed by atoms with van der Waals surface area (Å²) in [6.45, 7) is 5.99. The van der Waals surface area contributed by atoms with E-state index in [1.807, 2.05) is 13.8 Å². The lowest BCUT2D eigenvalue weighted by molar-refractivity contribution is 0.0185. The van der Waals surface area contributed by atoms with Crippen LogP contribution in [0.2, 0.25) is 0 Å². The zero-order chi connectivity index (χ0) is 11.5. The average molecular weight is 225 g/mol. The lowest BCUT2D eigenvalue weighted by Gasteiger charge is -2.08. The van der Waals surface area contributed by atoms with Crippen molar-refractivity contribution in [3.8, 4) is 0 Å². The Labute approximate surface area is 90.1 Å². The number of alkyl halides is 2. The monoisotopic (exact) mass is 225 g/mol. The van der Waals surface area contributed by atoms with Gasteiger partial charge in [-0.1, -0.05) is 0 Å². The second kappa shape index (κ2) is 10.3. The smallest absolute Gasteiger partial charge is 0.261 e. The number of hydrogen-bond donors (Lipinski definition) is 1. The molecular weight excluding hydrogens is 204 g/mol. The van der Waals surface area contributed by atoms with Gasteiger partial charge in [0, 0.05) is 13.2 Å². The molecule has 0 fully saturated rings. The van der Waals surface area contributed by atoms with Gasteiger partial charge in [0.05, 0.1) is 12.7 Å². The number of hydrogen-bond acceptors (Lipinski definition) is 3. The molecule has 0 aliphatic rings. The first-order chi connectivity index (χ1) is 7.13. The molecule has 0 aliphatic heterocycles. The SMILES string of the molecule is CC(C)OCCCNCCOCC(F)F. The summed E-state index contributed by atoms with van der Waals surface area (Å²) in [5.74, 6) is 0. The number of rotatable bonds is 10. The van der Waals surface area contributed by atoms with E-state index in [0.29, 0.717) is 13.2 Å². The average Bonchev–Trinajstić information content (AvgIpc) is 2.14. The van der Waals surface area contributed by atoms with Gasteiger partial charge in [-0.2, -0.15) is 0 Å². The summed E-state index contributed by atoms with van der Waals surface area (Å²) < 4.78 is 33.3. The molecular formula is C10H21F2NO2. The highest BCUT2D eigenvalue weighted by atomic mass is 19.3. The molecule has 0 aromatic rings. The molecule has 0 bridgehead atoms. The molecule has 0 rings (SSSR count). The zero-order valence-electron chi connectivity index (χ0n) is 9.47. The van der Waals surface area contributed by atoms with Gasteiger partial charge in [-0.05, 0) is 26.8 Å². The van der Waals surface area contributed by atoms with Crippen LogP contribution in [0.3, 0.4) is 0 Å². The number of ether oxygens (including phenoxy) is 2. The van der Waals surface area contributed by atoms with Crippen molar-refractivity contribution < 1.29 is 18.3 Å². The van der Waals surface area contributed by atoms with Gasteiger partial charge in [-0.3, -0.25) is 0 Å². The van der Waals surface area contributed by atoms with Crippen LogP contribution in [0.25, 0.3) is 0 Å². The molecule has 0 unspecified atom stereocenters. The Bertz CT molecular complexity index is 121. The molecule has 15 heavy (non-hydrogen) atoms. The molecule has 0 amide bonds. The van der Waals surface area contributed by atoms with Crippen molar-refractivity contribution in [2.75, 3.05) is 32.9 Å². The van der Waals surface area contributed by atoms with E-state index in [0.717, 1.165) is 19.6 Å². The fourth-order valence-electron chi connectivity index (χ4n) is 0.958. The minimum absolute atomic E-state index is 0.263. The van der Waals surface area contributed by atoms with Gasteiger partial charge in [0.25, 0.3) is 6.43 Å². The molecule has 0 spiro atoms. The highest BCUT2D eigenvalue weighted by Crippen LogP contribution is 1.91. The third kappa shape index (κ3) is 13.7. The molecule has 0 heterocycles. The van der Waals surface area contributed by atoms with Crippen LogP contribution >= 0.6 is 0 Å². The molecule has 1 N–H and O–H groups in total. The standard InChI is InChI=1S/C10H21F2NO2/c1-9(2)15-6-3-4-13-5-7-14-8-10(11)12/h9-10,13H,3-8H2,1-2H3. The first-order valence-corrected chi connectivity index (χ1v) is 5.31. The molecule has 0 aliphatic carbocycles. The van der Waals surface area contributed by atoms with Crippen molar-refractivity contribution in [2.24, 2.45) is 0 Å². The molecule has 3 nitrogen and oxygen atoms in total. The Morgan fingerprint density at radius 2 is 1.87 bits per heavy atom. The Hall–Kier alpha value is -0.260. The van der Waals surface area contributed by atoms with Crippen molar-refractivity contribution >= 4 is 0 Å². The van der Waals surface area contributed by atoms with Crippen molar-refractivity contribution in [1.82, 2.24) is 5.32 Å². The Kier molecular flexibility index (Phi) is 10.1. The quantitative estimate of drug-likeness (QED) is 0.574. The summed E-state index contributed by atoms with van der Waals surface area (Å²) in [6, 6.07) is 0. The van der Waals surface area contributed by atoms with Crippen molar-refractivity contribution in [3.05, 3.63) is 0 Å². The van der Waals surface area contributed by atoms with Gasteiger partial charge >= 0.3 is 0 Å². The van der Waals surface area contributed by atoms with E-state index in [9.17, 15) is 8.78 Å². The maximum absolute atomic E-state index is 11.6. The molecule has 0 radical (unpaired) electrons. The van der Waals surface area contributed by atoms with Gasteiger partial charge in [-0.15, -0.1) is 0 Å². The van der Waals surface area contributed by atoms with E-state index < -0.39 is 13.0 Å². The van der Waals surface area contributed by atoms with Crippen LogP contribution in [-0.2, 0) is 9.47 Å². The fourth-order valence-corrected chi connectivity index (χ4v) is 0.958. The molecule has 0 saturated carbocycles. The third-order valence-corrected chi connectivity index (χ3v) is 1.62. The molecule has 0 atom stereocenters. The lowest BCUT2D eigenvalue weighted by atomic mass is 10.4. The maximum Gasteiger partial charge on any atom is 0.261 e. The number of nitrogens with one attached hydrogen (secondary N) is 1. The predicted octanol–water partition coefficient (Wildman–Crippen LogP) is 1.67. The van der Waals surface area contributed by atoms with Crippen LogP contribution < -0.4 is 5.32 Å². The summed E-state index contributed by atoms with van der Waals surface area (Å²) in [6.07, 6.45) is -1.18. The Morgan fingerprint density at radius 3 is 2.47 bits per heavy atom. The van der Waals surface area contributed by atoms with Crippen molar-refractivity contribution in [1.29, 1.82) is 0 Å². The van der Waals surface area contributed by atoms with Crippen molar-refractivity contribution in [3.63, 3.8) is 0 Å². The summed E-state index contributed by atoms with van der Waals surface area (Å²) in [5.41, 5.74) is 0. The van der Waals surface area contributed by atoms with Gasteiger partial charge in [0.2, 0.25) is 0 Å². The normalized spacial score (nSPS) is 11.6. The predicted molar refractivity (Wildman–Crippen MR) is 55.4 cm³/mol. The van der Waals surface area contributed by atoms with E-state index >= 15 is 0 Å². The number of halogens is 2. The second-order valence-electron chi connectivity index (χ2n) is 3.49. The van der Waals surface area contributed by atoms with E-state index in [2.05, 4.69) is 5.32 Å². The van der Waals surface area contributed by atoms with Gasteiger partial charge in [0.15, 0.2) is 0 Å². The van der Waals surface area contributed by atoms with Crippen LogP contribution in [0.1, 0.15) is 20.3 Å². The highest BCUT2D eigenvalue weighted by molar-refractivity contribution is 4.47. The summed E-state index contributed by atoms with van der Waals surface area (Å²) in [5, 5.41) is 3.08. The van der Waals surface area contributed by atoms with Gasteiger partial charge in [-0.25, -0.2) is 8.78 Å². The highest BCUT2D eigenvalue weighted by Gasteiger charge is 2.00. The van der Waals surface area contributed by atoms with Crippen LogP contribution in [0, 0.1) is 0 Å². The third-order valence-electron chi connectivity index (χ3n) is 1.62. The minimum atomic E-state index is -2.37. The van der Waals surface area contributed by atoms with E-state index in [1.54, 1.807) is 0 Å². The zero-order valence-corrected chi connectivity index (χ0v) is 9.47. The van der Waals surface area contributed by atoms with Gasteiger partial charge in [0.1, 0.15) is 6.61 Å². The summed E-state index contributed by atoms with van der Waals surface area (Å²) >= 11 is 0. The summed E-state index contributed by atoms with van der Waals surface area (Å²) in [7, 11) is 0. The van der Waals surface area contributed by atoms with Crippen LogP contribution in [0.5, 0.6) is 0 Å². The molecule has 0 aromatic heterocycles. The molecule has 0 saturated heterocycles. The molecule has 5 heteroatoms. The van der Waals surface area contributed by atoms with Crippen LogP contribution in [-0.4, -0.2) is 45.4 Å². The largest absolute Gasteiger partial charge is 0.379 e. The topological polar surface area (TPSA) is 30.5 Å². The first-order valence-electron chi connectivity index (χ1n) is 5.31. The Morgan fingerprint density at radius 1 is 1.13 bits per heavy atom. The second-order valence-corrected chi connectivity index (χ2v) is 3.49. The Balaban J connectivity index is 2.93. The molecule has 92 valence electrons. The van der Waals surface area contributed by atoms with Crippen LogP contribution in [0.15, 0.2) is 0 Å². The van der Waals surface area contributed by atoms with E-state index in [1.165, 1.54) is 0 Å². The van der Waals surface area contributed by atoms with E-state index in [-0.39, 0.29) is 6.10 Å². The summed E-state index contributed by atoms with van der Waals surface area (Å²) in [4.78, 5) is 0. The minimum Gasteiger partial charge on any atom is -0.379 e. The van der Waals surface area contributed by atoms with Crippen molar-refractivity contribution in [2.45, 2.75) is 32.8 Å².